The van der Waals surface area contributed by atoms with Crippen molar-refractivity contribution in [3.05, 3.63) is 33.6 Å². The normalized spacial score (nSPS) is 12.6. The Balaban J connectivity index is 2.93. The number of nitrogens with one attached hydrogen (secondary N) is 1. The molecule has 1 aromatic carbocycles. The predicted octanol–water partition coefficient (Wildman–Crippen LogP) is 2.47. The molecular formula is C12H17FN2O3. The third-order valence-electron chi connectivity index (χ3n) is 2.74. The van der Waals surface area contributed by atoms with Gasteiger partial charge in [-0.1, -0.05) is 13.8 Å². The van der Waals surface area contributed by atoms with Gasteiger partial charge in [-0.2, -0.15) is 0 Å². The van der Waals surface area contributed by atoms with Gasteiger partial charge in [0, 0.05) is 6.54 Å². The predicted molar refractivity (Wildman–Crippen MR) is 67.1 cm³/mol. The van der Waals surface area contributed by atoms with Gasteiger partial charge >= 0.3 is 0 Å². The molecular weight excluding hydrogens is 239 g/mol. The van der Waals surface area contributed by atoms with E-state index in [4.69, 9.17) is 0 Å². The van der Waals surface area contributed by atoms with E-state index in [-0.39, 0.29) is 23.8 Å². The molecule has 0 bridgehead atoms. The van der Waals surface area contributed by atoms with E-state index in [1.807, 2.05) is 13.8 Å². The molecule has 0 aliphatic heterocycles. The molecule has 0 heterocycles. The van der Waals surface area contributed by atoms with Gasteiger partial charge in [0.05, 0.1) is 17.1 Å². The molecule has 0 fully saturated rings. The van der Waals surface area contributed by atoms with Gasteiger partial charge in [-0.25, -0.2) is 4.39 Å². The minimum Gasteiger partial charge on any atom is -0.391 e. The minimum atomic E-state index is -0.646. The van der Waals surface area contributed by atoms with Crippen LogP contribution in [-0.2, 0) is 0 Å². The molecule has 2 N–H and O–H groups in total. The van der Waals surface area contributed by atoms with E-state index in [0.29, 0.717) is 5.56 Å². The Labute approximate surface area is 105 Å². The zero-order chi connectivity index (χ0) is 13.9. The van der Waals surface area contributed by atoms with E-state index in [2.05, 4.69) is 5.32 Å². The smallest absolute Gasteiger partial charge is 0.295 e. The number of benzene rings is 1. The van der Waals surface area contributed by atoms with Crippen LogP contribution in [0.4, 0.5) is 15.8 Å². The average molecular weight is 256 g/mol. The van der Waals surface area contributed by atoms with Crippen molar-refractivity contribution >= 4 is 11.4 Å². The zero-order valence-electron chi connectivity index (χ0n) is 10.6. The zero-order valence-corrected chi connectivity index (χ0v) is 10.6. The van der Waals surface area contributed by atoms with Crippen LogP contribution in [0, 0.1) is 28.8 Å². The van der Waals surface area contributed by atoms with Crippen molar-refractivity contribution in [1.29, 1.82) is 0 Å². The molecule has 1 unspecified atom stereocenters. The van der Waals surface area contributed by atoms with Gasteiger partial charge in [0.15, 0.2) is 0 Å². The maximum atomic E-state index is 13.3. The second-order valence-corrected chi connectivity index (χ2v) is 4.57. The van der Waals surface area contributed by atoms with Crippen molar-refractivity contribution in [2.75, 3.05) is 11.9 Å². The second kappa shape index (κ2) is 5.77. The summed E-state index contributed by atoms with van der Waals surface area (Å²) in [5.74, 6) is -0.574. The Morgan fingerprint density at radius 2 is 2.11 bits per heavy atom. The first-order valence-electron chi connectivity index (χ1n) is 5.69. The van der Waals surface area contributed by atoms with Gasteiger partial charge in [-0.3, -0.25) is 10.1 Å². The van der Waals surface area contributed by atoms with Gasteiger partial charge in [-0.05, 0) is 24.5 Å². The molecule has 100 valence electrons. The number of aliphatic hydroxyl groups excluding tert-OH is 1. The number of aliphatic hydroxyl groups is 1. The van der Waals surface area contributed by atoms with Crippen LogP contribution in [-0.4, -0.2) is 22.7 Å². The summed E-state index contributed by atoms with van der Waals surface area (Å²) in [6.45, 7) is 5.40. The van der Waals surface area contributed by atoms with Gasteiger partial charge < -0.3 is 10.4 Å². The number of nitrogens with zero attached hydrogens (tertiary/aromatic N) is 1. The Hall–Kier alpha value is -1.69. The third kappa shape index (κ3) is 3.40. The van der Waals surface area contributed by atoms with Gasteiger partial charge in [-0.15, -0.1) is 0 Å². The highest BCUT2D eigenvalue weighted by molar-refractivity contribution is 5.63. The number of nitro groups is 1. The molecule has 0 saturated heterocycles. The highest BCUT2D eigenvalue weighted by atomic mass is 19.1. The summed E-state index contributed by atoms with van der Waals surface area (Å²) in [5, 5.41) is 23.2. The number of halogens is 1. The molecule has 6 heteroatoms. The van der Waals surface area contributed by atoms with Crippen molar-refractivity contribution < 1.29 is 14.4 Å². The fourth-order valence-corrected chi connectivity index (χ4v) is 1.41. The molecule has 0 saturated carbocycles. The van der Waals surface area contributed by atoms with Gasteiger partial charge in [0.1, 0.15) is 11.5 Å². The monoisotopic (exact) mass is 256 g/mol. The summed E-state index contributed by atoms with van der Waals surface area (Å²) in [6, 6.07) is 2.26. The highest BCUT2D eigenvalue weighted by Gasteiger charge is 2.18. The number of aryl methyl sites for hydroxylation is 1. The topological polar surface area (TPSA) is 75.4 Å². The van der Waals surface area contributed by atoms with Crippen LogP contribution in [0.3, 0.4) is 0 Å². The van der Waals surface area contributed by atoms with Crippen LogP contribution >= 0.6 is 0 Å². The first kappa shape index (κ1) is 14.4. The van der Waals surface area contributed by atoms with E-state index in [0.717, 1.165) is 6.07 Å². The van der Waals surface area contributed by atoms with Gasteiger partial charge in [0.25, 0.3) is 5.69 Å². The van der Waals surface area contributed by atoms with Crippen LogP contribution in [0.5, 0.6) is 0 Å². The van der Waals surface area contributed by atoms with Crippen LogP contribution < -0.4 is 5.32 Å². The van der Waals surface area contributed by atoms with Crippen molar-refractivity contribution in [3.63, 3.8) is 0 Å². The lowest BCUT2D eigenvalue weighted by molar-refractivity contribution is -0.384. The number of hydrogen-bond donors (Lipinski definition) is 2. The van der Waals surface area contributed by atoms with E-state index in [1.54, 1.807) is 0 Å². The largest absolute Gasteiger partial charge is 0.391 e. The molecule has 0 aliphatic rings. The van der Waals surface area contributed by atoms with Crippen molar-refractivity contribution in [1.82, 2.24) is 0 Å². The number of rotatable bonds is 5. The Morgan fingerprint density at radius 1 is 1.50 bits per heavy atom. The second-order valence-electron chi connectivity index (χ2n) is 4.57. The molecule has 0 aliphatic carbocycles. The van der Waals surface area contributed by atoms with E-state index in [1.165, 1.54) is 13.0 Å². The number of anilines is 1. The maximum Gasteiger partial charge on any atom is 0.295 e. The maximum absolute atomic E-state index is 13.3. The lowest BCUT2D eigenvalue weighted by atomic mass is 10.1. The van der Waals surface area contributed by atoms with Crippen molar-refractivity contribution in [2.45, 2.75) is 26.9 Å². The summed E-state index contributed by atoms with van der Waals surface area (Å²) >= 11 is 0. The van der Waals surface area contributed by atoms with E-state index < -0.39 is 16.8 Å². The molecule has 5 nitrogen and oxygen atoms in total. The molecule has 1 atom stereocenters. The fraction of sp³-hybridized carbons (Fsp3) is 0.500. The minimum absolute atomic E-state index is 0.0399. The molecule has 0 spiro atoms. The number of nitro benzene ring substituents is 1. The lowest BCUT2D eigenvalue weighted by Gasteiger charge is -2.16. The first-order chi connectivity index (χ1) is 8.32. The molecule has 18 heavy (non-hydrogen) atoms. The van der Waals surface area contributed by atoms with Crippen LogP contribution in [0.25, 0.3) is 0 Å². The van der Waals surface area contributed by atoms with Crippen molar-refractivity contribution in [2.24, 2.45) is 5.92 Å². The van der Waals surface area contributed by atoms with Crippen molar-refractivity contribution in [3.8, 4) is 0 Å². The Kier molecular flexibility index (Phi) is 4.61. The average Bonchev–Trinajstić information content (AvgIpc) is 2.29. The Morgan fingerprint density at radius 3 is 2.61 bits per heavy atom. The molecule has 1 aromatic rings. The molecule has 0 aromatic heterocycles. The van der Waals surface area contributed by atoms with Crippen LogP contribution in [0.1, 0.15) is 19.4 Å². The first-order valence-corrected chi connectivity index (χ1v) is 5.69. The summed E-state index contributed by atoms with van der Waals surface area (Å²) < 4.78 is 13.3. The van der Waals surface area contributed by atoms with Crippen LogP contribution in [0.15, 0.2) is 12.1 Å². The summed E-state index contributed by atoms with van der Waals surface area (Å²) in [5.41, 5.74) is 0.217. The van der Waals surface area contributed by atoms with E-state index >= 15 is 0 Å². The fourth-order valence-electron chi connectivity index (χ4n) is 1.41. The highest BCUT2D eigenvalue weighted by Crippen LogP contribution is 2.27. The molecule has 1 rings (SSSR count). The standard InChI is InChI=1S/C12H17FN2O3/c1-7(2)12(16)6-14-10-4-8(3)9(13)5-11(10)15(17)18/h4-5,7,12,14,16H,6H2,1-3H3. The third-order valence-corrected chi connectivity index (χ3v) is 2.74. The Bertz CT molecular complexity index is 449. The van der Waals surface area contributed by atoms with Crippen LogP contribution in [0.2, 0.25) is 0 Å². The number of hydrogen-bond acceptors (Lipinski definition) is 4. The SMILES string of the molecule is Cc1cc(NCC(O)C(C)C)c([N+](=O)[O-])cc1F. The summed E-state index contributed by atoms with van der Waals surface area (Å²) in [6.07, 6.45) is -0.616. The summed E-state index contributed by atoms with van der Waals surface area (Å²) in [4.78, 5) is 10.2. The molecule has 0 amide bonds. The van der Waals surface area contributed by atoms with Gasteiger partial charge in [0.2, 0.25) is 0 Å². The quantitative estimate of drug-likeness (QED) is 0.627. The lowest BCUT2D eigenvalue weighted by Crippen LogP contribution is -2.25. The summed E-state index contributed by atoms with van der Waals surface area (Å²) in [7, 11) is 0. The van der Waals surface area contributed by atoms with E-state index in [9.17, 15) is 19.6 Å². The molecule has 0 radical (unpaired) electrons.